The molecule has 0 radical (unpaired) electrons. The lowest BCUT2D eigenvalue weighted by Gasteiger charge is -2.09. The van der Waals surface area contributed by atoms with E-state index in [1.807, 2.05) is 18.2 Å². The van der Waals surface area contributed by atoms with Gasteiger partial charge in [0.2, 0.25) is 0 Å². The summed E-state index contributed by atoms with van der Waals surface area (Å²) in [5.41, 5.74) is 8.22. The largest absolute Gasteiger partial charge is 0.383 e. The van der Waals surface area contributed by atoms with E-state index in [-0.39, 0.29) is 17.2 Å². The van der Waals surface area contributed by atoms with Gasteiger partial charge in [-0.1, -0.05) is 12.1 Å². The van der Waals surface area contributed by atoms with Gasteiger partial charge in [0.05, 0.1) is 5.69 Å². The van der Waals surface area contributed by atoms with Crippen molar-refractivity contribution < 1.29 is 4.39 Å². The summed E-state index contributed by atoms with van der Waals surface area (Å²) in [7, 11) is 0. The van der Waals surface area contributed by atoms with Crippen LogP contribution in [0.25, 0.3) is 22.5 Å². The minimum Gasteiger partial charge on any atom is -0.383 e. The molecule has 0 bridgehead atoms. The minimum atomic E-state index is -0.383. The van der Waals surface area contributed by atoms with Crippen LogP contribution in [0, 0.1) is 17.1 Å². The van der Waals surface area contributed by atoms with Gasteiger partial charge in [-0.3, -0.25) is 0 Å². The van der Waals surface area contributed by atoms with Gasteiger partial charge in [-0.25, -0.2) is 9.37 Å². The Kier molecular flexibility index (Phi) is 3.13. The Hall–Kier alpha value is -3.13. The standard InChI is InChI=1S/C16H11FN4/c17-13-5-2-1-4-10(13)15-8-11(14-6-3-7-20-14)12(9-18)16(19)21-15/h1-8,20H,(H2,19,21). The molecule has 102 valence electrons. The van der Waals surface area contributed by atoms with E-state index in [1.54, 1.807) is 30.5 Å². The van der Waals surface area contributed by atoms with Crippen LogP contribution in [0.4, 0.5) is 10.2 Å². The molecule has 3 N–H and O–H groups in total. The third-order valence-corrected chi connectivity index (χ3v) is 3.20. The highest BCUT2D eigenvalue weighted by Gasteiger charge is 2.15. The molecule has 0 atom stereocenters. The van der Waals surface area contributed by atoms with Crippen molar-refractivity contribution in [3.63, 3.8) is 0 Å². The predicted octanol–water partition coefficient (Wildman–Crippen LogP) is 3.34. The van der Waals surface area contributed by atoms with Crippen molar-refractivity contribution in [2.45, 2.75) is 0 Å². The average Bonchev–Trinajstić information content (AvgIpc) is 3.01. The van der Waals surface area contributed by atoms with Crippen LogP contribution in [0.3, 0.4) is 0 Å². The quantitative estimate of drug-likeness (QED) is 0.754. The van der Waals surface area contributed by atoms with Crippen molar-refractivity contribution in [1.29, 1.82) is 5.26 Å². The number of aromatic nitrogens is 2. The van der Waals surface area contributed by atoms with Gasteiger partial charge in [0.15, 0.2) is 0 Å². The number of nitriles is 1. The number of nitrogens with two attached hydrogens (primary N) is 1. The van der Waals surface area contributed by atoms with Crippen LogP contribution in [-0.4, -0.2) is 9.97 Å². The van der Waals surface area contributed by atoms with Gasteiger partial charge in [-0.2, -0.15) is 5.26 Å². The summed E-state index contributed by atoms with van der Waals surface area (Å²) >= 11 is 0. The molecular weight excluding hydrogens is 267 g/mol. The molecule has 3 rings (SSSR count). The fourth-order valence-corrected chi connectivity index (χ4v) is 2.20. The third-order valence-electron chi connectivity index (χ3n) is 3.20. The Bertz CT molecular complexity index is 832. The van der Waals surface area contributed by atoms with Crippen LogP contribution in [-0.2, 0) is 0 Å². The molecule has 1 aromatic carbocycles. The number of aromatic amines is 1. The fraction of sp³-hybridized carbons (Fsp3) is 0. The number of nitrogen functional groups attached to an aromatic ring is 1. The Morgan fingerprint density at radius 3 is 2.62 bits per heavy atom. The molecule has 3 aromatic rings. The highest BCUT2D eigenvalue weighted by Crippen LogP contribution is 2.31. The first-order chi connectivity index (χ1) is 10.2. The Morgan fingerprint density at radius 2 is 1.95 bits per heavy atom. The van der Waals surface area contributed by atoms with Gasteiger partial charge in [0.1, 0.15) is 23.3 Å². The van der Waals surface area contributed by atoms with Crippen LogP contribution >= 0.6 is 0 Å². The third kappa shape index (κ3) is 2.23. The lowest BCUT2D eigenvalue weighted by molar-refractivity contribution is 0.631. The lowest BCUT2D eigenvalue weighted by atomic mass is 10.0. The van der Waals surface area contributed by atoms with E-state index < -0.39 is 0 Å². The van der Waals surface area contributed by atoms with Crippen LogP contribution in [0.15, 0.2) is 48.7 Å². The number of nitrogens with zero attached hydrogens (tertiary/aromatic N) is 2. The average molecular weight is 278 g/mol. The van der Waals surface area contributed by atoms with Crippen LogP contribution < -0.4 is 5.73 Å². The summed E-state index contributed by atoms with van der Waals surface area (Å²) in [5.74, 6) is -0.297. The molecule has 4 nitrogen and oxygen atoms in total. The Labute approximate surface area is 120 Å². The molecule has 2 heterocycles. The molecule has 0 spiro atoms. The summed E-state index contributed by atoms with van der Waals surface area (Å²) in [6.07, 6.45) is 1.75. The van der Waals surface area contributed by atoms with E-state index in [0.29, 0.717) is 16.8 Å². The lowest BCUT2D eigenvalue weighted by Crippen LogP contribution is -2.00. The summed E-state index contributed by atoms with van der Waals surface area (Å²) in [5, 5.41) is 9.26. The van der Waals surface area contributed by atoms with Crippen LogP contribution in [0.2, 0.25) is 0 Å². The molecule has 5 heteroatoms. The molecule has 0 amide bonds. The van der Waals surface area contributed by atoms with Crippen molar-refractivity contribution in [3.8, 4) is 28.6 Å². The predicted molar refractivity (Wildman–Crippen MR) is 78.5 cm³/mol. The van der Waals surface area contributed by atoms with Gasteiger partial charge in [-0.15, -0.1) is 0 Å². The number of H-pyrrole nitrogens is 1. The normalized spacial score (nSPS) is 10.3. The van der Waals surface area contributed by atoms with Crippen molar-refractivity contribution in [2.24, 2.45) is 0 Å². The molecular formula is C16H11FN4. The number of pyridine rings is 1. The zero-order chi connectivity index (χ0) is 14.8. The van der Waals surface area contributed by atoms with Crippen molar-refractivity contribution in [2.75, 3.05) is 5.73 Å². The Balaban J connectivity index is 2.26. The van der Waals surface area contributed by atoms with E-state index in [4.69, 9.17) is 5.73 Å². The number of hydrogen-bond acceptors (Lipinski definition) is 3. The van der Waals surface area contributed by atoms with Crippen LogP contribution in [0.1, 0.15) is 5.56 Å². The first-order valence-electron chi connectivity index (χ1n) is 6.30. The second kappa shape index (κ2) is 5.10. The van der Waals surface area contributed by atoms with Gasteiger partial charge in [-0.05, 0) is 30.3 Å². The summed E-state index contributed by atoms with van der Waals surface area (Å²) in [6.45, 7) is 0. The smallest absolute Gasteiger partial charge is 0.142 e. The second-order valence-corrected chi connectivity index (χ2v) is 4.49. The molecule has 2 aromatic heterocycles. The molecule has 0 aliphatic rings. The number of hydrogen-bond donors (Lipinski definition) is 2. The van der Waals surface area contributed by atoms with Crippen LogP contribution in [0.5, 0.6) is 0 Å². The minimum absolute atomic E-state index is 0.0860. The first kappa shape index (κ1) is 12.9. The topological polar surface area (TPSA) is 78.5 Å². The SMILES string of the molecule is N#Cc1c(-c2ccc[nH]2)cc(-c2ccccc2F)nc1N. The molecule has 0 unspecified atom stereocenters. The number of nitrogens with one attached hydrogen (secondary N) is 1. The van der Waals surface area contributed by atoms with Gasteiger partial charge in [0.25, 0.3) is 0 Å². The maximum Gasteiger partial charge on any atom is 0.142 e. The zero-order valence-electron chi connectivity index (χ0n) is 11.0. The molecule has 0 aliphatic heterocycles. The number of halogens is 1. The highest BCUT2D eigenvalue weighted by molar-refractivity contribution is 5.78. The summed E-state index contributed by atoms with van der Waals surface area (Å²) in [6, 6.07) is 13.7. The van der Waals surface area contributed by atoms with Crippen molar-refractivity contribution in [1.82, 2.24) is 9.97 Å². The summed E-state index contributed by atoms with van der Waals surface area (Å²) < 4.78 is 13.9. The molecule has 0 saturated carbocycles. The van der Waals surface area contributed by atoms with E-state index in [1.165, 1.54) is 6.07 Å². The summed E-state index contributed by atoms with van der Waals surface area (Å²) in [4.78, 5) is 7.17. The van der Waals surface area contributed by atoms with Gasteiger partial charge in [0, 0.05) is 23.0 Å². The van der Waals surface area contributed by atoms with E-state index in [0.717, 1.165) is 5.69 Å². The monoisotopic (exact) mass is 278 g/mol. The number of anilines is 1. The second-order valence-electron chi connectivity index (χ2n) is 4.49. The fourth-order valence-electron chi connectivity index (χ4n) is 2.20. The maximum atomic E-state index is 13.9. The number of rotatable bonds is 2. The molecule has 0 fully saturated rings. The van der Waals surface area contributed by atoms with Gasteiger partial charge >= 0.3 is 0 Å². The Morgan fingerprint density at radius 1 is 1.14 bits per heavy atom. The molecule has 0 aliphatic carbocycles. The maximum absolute atomic E-state index is 13.9. The molecule has 21 heavy (non-hydrogen) atoms. The first-order valence-corrected chi connectivity index (χ1v) is 6.30. The van der Waals surface area contributed by atoms with E-state index in [9.17, 15) is 9.65 Å². The highest BCUT2D eigenvalue weighted by atomic mass is 19.1. The number of benzene rings is 1. The van der Waals surface area contributed by atoms with E-state index in [2.05, 4.69) is 9.97 Å². The molecule has 0 saturated heterocycles. The van der Waals surface area contributed by atoms with Crippen molar-refractivity contribution in [3.05, 3.63) is 60.0 Å². The van der Waals surface area contributed by atoms with E-state index >= 15 is 0 Å². The zero-order valence-corrected chi connectivity index (χ0v) is 11.0. The van der Waals surface area contributed by atoms with Crippen molar-refractivity contribution >= 4 is 5.82 Å². The van der Waals surface area contributed by atoms with Gasteiger partial charge < -0.3 is 10.7 Å².